The van der Waals surface area contributed by atoms with Gasteiger partial charge in [-0.3, -0.25) is 4.79 Å². The highest BCUT2D eigenvalue weighted by molar-refractivity contribution is 7.91. The van der Waals surface area contributed by atoms with Crippen molar-refractivity contribution in [2.24, 2.45) is 5.73 Å². The van der Waals surface area contributed by atoms with Gasteiger partial charge < -0.3 is 11.1 Å². The number of hydrogen-bond donors (Lipinski definition) is 2. The molecule has 1 aliphatic rings. The van der Waals surface area contributed by atoms with E-state index in [1.54, 1.807) is 0 Å². The van der Waals surface area contributed by atoms with Gasteiger partial charge in [0.15, 0.2) is 9.84 Å². The summed E-state index contributed by atoms with van der Waals surface area (Å²) in [6, 6.07) is 8.57. The van der Waals surface area contributed by atoms with Crippen molar-refractivity contribution in [1.29, 1.82) is 0 Å². The number of nitrogens with two attached hydrogens (primary N) is 1. The van der Waals surface area contributed by atoms with Gasteiger partial charge in [0.2, 0.25) is 5.91 Å². The number of carbonyl (C=O) groups excluding carboxylic acids is 1. The molecule has 1 amide bonds. The Kier molecular flexibility index (Phi) is 5.98. The number of halogens is 1. The average Bonchev–Trinajstić information content (AvgIpc) is 2.70. The Morgan fingerprint density at radius 3 is 2.55 bits per heavy atom. The Hall–Kier alpha value is -1.11. The van der Waals surface area contributed by atoms with Crippen molar-refractivity contribution in [3.8, 4) is 0 Å². The molecule has 2 atom stereocenters. The molecule has 0 spiro atoms. The van der Waals surface area contributed by atoms with Crippen LogP contribution in [0.3, 0.4) is 0 Å². The molecule has 7 heteroatoms. The summed E-state index contributed by atoms with van der Waals surface area (Å²) in [5.74, 6) is -0.117. The minimum atomic E-state index is -2.98. The van der Waals surface area contributed by atoms with Crippen LogP contribution in [0.2, 0.25) is 0 Å². The van der Waals surface area contributed by atoms with Gasteiger partial charge in [0.25, 0.3) is 0 Å². The second-order valence-corrected chi connectivity index (χ2v) is 7.13. The van der Waals surface area contributed by atoms with Gasteiger partial charge in [0.1, 0.15) is 0 Å². The first-order chi connectivity index (χ1) is 8.96. The molecular formula is C13H19ClN2O3S. The largest absolute Gasteiger partial charge is 0.351 e. The van der Waals surface area contributed by atoms with Crippen LogP contribution in [0.4, 0.5) is 0 Å². The zero-order valence-corrected chi connectivity index (χ0v) is 12.6. The average molecular weight is 319 g/mol. The van der Waals surface area contributed by atoms with E-state index >= 15 is 0 Å². The molecule has 1 unspecified atom stereocenters. The summed E-state index contributed by atoms with van der Waals surface area (Å²) >= 11 is 0. The summed E-state index contributed by atoms with van der Waals surface area (Å²) in [4.78, 5) is 11.9. The minimum Gasteiger partial charge on any atom is -0.351 e. The maximum Gasteiger partial charge on any atom is 0.237 e. The molecule has 1 aromatic carbocycles. The molecule has 1 saturated heterocycles. The highest BCUT2D eigenvalue weighted by Gasteiger charge is 2.29. The summed E-state index contributed by atoms with van der Waals surface area (Å²) in [7, 11) is -2.98. The molecular weight excluding hydrogens is 300 g/mol. The molecule has 0 radical (unpaired) electrons. The summed E-state index contributed by atoms with van der Waals surface area (Å²) in [6.07, 6.45) is 0.929. The Labute approximate surface area is 125 Å². The third-order valence-electron chi connectivity index (χ3n) is 3.21. The molecule has 1 aromatic rings. The van der Waals surface area contributed by atoms with E-state index in [1.807, 2.05) is 30.3 Å². The van der Waals surface area contributed by atoms with Gasteiger partial charge in [-0.05, 0) is 18.4 Å². The summed E-state index contributed by atoms with van der Waals surface area (Å²) in [5, 5.41) is 2.71. The predicted octanol–water partition coefficient (Wildman–Crippen LogP) is 0.282. The quantitative estimate of drug-likeness (QED) is 0.834. The van der Waals surface area contributed by atoms with Crippen LogP contribution < -0.4 is 11.1 Å². The number of hydrogen-bond acceptors (Lipinski definition) is 4. The van der Waals surface area contributed by atoms with Gasteiger partial charge >= 0.3 is 0 Å². The van der Waals surface area contributed by atoms with Gasteiger partial charge in [-0.25, -0.2) is 8.42 Å². The van der Waals surface area contributed by atoms with Crippen LogP contribution in [0.25, 0.3) is 0 Å². The lowest BCUT2D eigenvalue weighted by Gasteiger charge is -2.15. The van der Waals surface area contributed by atoms with Crippen LogP contribution in [0.1, 0.15) is 12.0 Å². The van der Waals surface area contributed by atoms with Gasteiger partial charge in [-0.1, -0.05) is 30.3 Å². The monoisotopic (exact) mass is 318 g/mol. The molecule has 1 heterocycles. The summed E-state index contributed by atoms with van der Waals surface area (Å²) in [5.41, 5.74) is 6.82. The Bertz CT molecular complexity index is 548. The van der Waals surface area contributed by atoms with Crippen molar-refractivity contribution in [3.63, 3.8) is 0 Å². The van der Waals surface area contributed by atoms with Crippen LogP contribution in [0.5, 0.6) is 0 Å². The second-order valence-electron chi connectivity index (χ2n) is 4.90. The van der Waals surface area contributed by atoms with Crippen molar-refractivity contribution in [2.75, 3.05) is 11.5 Å². The molecule has 20 heavy (non-hydrogen) atoms. The number of benzene rings is 1. The first kappa shape index (κ1) is 16.9. The minimum absolute atomic E-state index is 0. The van der Waals surface area contributed by atoms with Gasteiger partial charge in [0.05, 0.1) is 17.5 Å². The van der Waals surface area contributed by atoms with Crippen molar-refractivity contribution >= 4 is 28.2 Å². The lowest BCUT2D eigenvalue weighted by Crippen LogP contribution is -2.46. The van der Waals surface area contributed by atoms with Crippen molar-refractivity contribution in [3.05, 3.63) is 35.9 Å². The highest BCUT2D eigenvalue weighted by Crippen LogP contribution is 2.11. The molecule has 0 saturated carbocycles. The van der Waals surface area contributed by atoms with Gasteiger partial charge in [-0.2, -0.15) is 0 Å². The molecule has 5 nitrogen and oxygen atoms in total. The van der Waals surface area contributed by atoms with E-state index in [2.05, 4.69) is 5.32 Å². The third-order valence-corrected chi connectivity index (χ3v) is 4.98. The first-order valence-electron chi connectivity index (χ1n) is 6.26. The zero-order chi connectivity index (χ0) is 13.9. The SMILES string of the molecule is Cl.N[C@@H](Cc1ccccc1)C(=O)NC1CCS(=O)(=O)C1. The molecule has 1 aliphatic heterocycles. The number of rotatable bonds is 4. The van der Waals surface area contributed by atoms with E-state index in [1.165, 1.54) is 0 Å². The molecule has 0 aliphatic carbocycles. The Morgan fingerprint density at radius 1 is 1.35 bits per heavy atom. The fourth-order valence-electron chi connectivity index (χ4n) is 2.18. The topological polar surface area (TPSA) is 89.3 Å². The normalized spacial score (nSPS) is 21.8. The smallest absolute Gasteiger partial charge is 0.237 e. The van der Waals surface area contributed by atoms with Crippen molar-refractivity contribution in [1.82, 2.24) is 5.32 Å². The van der Waals surface area contributed by atoms with E-state index < -0.39 is 15.9 Å². The number of sulfone groups is 1. The number of nitrogens with one attached hydrogen (secondary N) is 1. The van der Waals surface area contributed by atoms with Gasteiger partial charge in [0, 0.05) is 6.04 Å². The number of amides is 1. The maximum absolute atomic E-state index is 11.9. The van der Waals surface area contributed by atoms with E-state index in [4.69, 9.17) is 5.73 Å². The fraction of sp³-hybridized carbons (Fsp3) is 0.462. The lowest BCUT2D eigenvalue weighted by atomic mass is 10.1. The van der Waals surface area contributed by atoms with Crippen LogP contribution >= 0.6 is 12.4 Å². The van der Waals surface area contributed by atoms with E-state index in [0.29, 0.717) is 12.8 Å². The van der Waals surface area contributed by atoms with Crippen LogP contribution in [-0.4, -0.2) is 37.9 Å². The molecule has 3 N–H and O–H groups in total. The second kappa shape index (κ2) is 7.06. The molecule has 0 bridgehead atoms. The highest BCUT2D eigenvalue weighted by atomic mass is 35.5. The van der Waals surface area contributed by atoms with E-state index in [9.17, 15) is 13.2 Å². The standard InChI is InChI=1S/C13H18N2O3S.ClH/c14-12(8-10-4-2-1-3-5-10)13(16)15-11-6-7-19(17,18)9-11;/h1-5,11-12H,6-9,14H2,(H,15,16);1H/t11?,12-;/m0./s1. The van der Waals surface area contributed by atoms with Crippen LogP contribution in [-0.2, 0) is 21.1 Å². The number of carbonyl (C=O) groups is 1. The van der Waals surface area contributed by atoms with Crippen LogP contribution in [0, 0.1) is 0 Å². The summed E-state index contributed by atoms with van der Waals surface area (Å²) in [6.45, 7) is 0. The van der Waals surface area contributed by atoms with E-state index in [0.717, 1.165) is 5.56 Å². The lowest BCUT2D eigenvalue weighted by molar-refractivity contribution is -0.122. The molecule has 2 rings (SSSR count). The maximum atomic E-state index is 11.9. The molecule has 1 fully saturated rings. The van der Waals surface area contributed by atoms with E-state index in [-0.39, 0.29) is 35.9 Å². The van der Waals surface area contributed by atoms with Crippen LogP contribution in [0.15, 0.2) is 30.3 Å². The first-order valence-corrected chi connectivity index (χ1v) is 8.09. The molecule has 0 aromatic heterocycles. The van der Waals surface area contributed by atoms with Crippen molar-refractivity contribution < 1.29 is 13.2 Å². The predicted molar refractivity (Wildman–Crippen MR) is 80.6 cm³/mol. The summed E-state index contributed by atoms with van der Waals surface area (Å²) < 4.78 is 22.6. The van der Waals surface area contributed by atoms with Crippen molar-refractivity contribution in [2.45, 2.75) is 24.9 Å². The molecule has 112 valence electrons. The zero-order valence-electron chi connectivity index (χ0n) is 11.0. The third kappa shape index (κ3) is 4.77. The Balaban J connectivity index is 0.00000200. The van der Waals surface area contributed by atoms with Gasteiger partial charge in [-0.15, -0.1) is 12.4 Å². The fourth-order valence-corrected chi connectivity index (χ4v) is 3.85. The Morgan fingerprint density at radius 2 is 2.00 bits per heavy atom.